The van der Waals surface area contributed by atoms with Gasteiger partial charge in [0.1, 0.15) is 5.82 Å². The van der Waals surface area contributed by atoms with Crippen LogP contribution in [0.3, 0.4) is 0 Å². The van der Waals surface area contributed by atoms with Crippen LogP contribution >= 0.6 is 0 Å². The molecule has 0 aromatic carbocycles. The van der Waals surface area contributed by atoms with E-state index in [9.17, 15) is 0 Å². The molecule has 2 rings (SSSR count). The maximum atomic E-state index is 5.59. The zero-order chi connectivity index (χ0) is 9.97. The van der Waals surface area contributed by atoms with Crippen molar-refractivity contribution in [1.82, 2.24) is 20.3 Å². The molecule has 0 bridgehead atoms. The fraction of sp³-hybridized carbons (Fsp3) is 0.286. The molecule has 74 valence electrons. The number of anilines is 2. The number of H-pyrrole nitrogens is 1. The third kappa shape index (κ3) is 1.65. The van der Waals surface area contributed by atoms with Crippen molar-refractivity contribution in [2.24, 2.45) is 0 Å². The smallest absolute Gasteiger partial charge is 0.321 e. The molecule has 0 radical (unpaired) electrons. The lowest BCUT2D eigenvalue weighted by molar-refractivity contribution is 0.425. The van der Waals surface area contributed by atoms with Crippen LogP contribution in [0.25, 0.3) is 0 Å². The molecule has 0 aliphatic heterocycles. The third-order valence-electron chi connectivity index (χ3n) is 1.71. The number of nitrogen functional groups attached to an aromatic ring is 1. The maximum Gasteiger partial charge on any atom is 0.321 e. The van der Waals surface area contributed by atoms with E-state index in [4.69, 9.17) is 10.3 Å². The molecule has 2 aromatic rings. The molecule has 0 fully saturated rings. The van der Waals surface area contributed by atoms with E-state index in [2.05, 4.69) is 25.7 Å². The first-order valence-corrected chi connectivity index (χ1v) is 4.07. The molecule has 0 aliphatic carbocycles. The maximum absolute atomic E-state index is 5.59. The summed E-state index contributed by atoms with van der Waals surface area (Å²) < 4.78 is 4.86. The van der Waals surface area contributed by atoms with Crippen molar-refractivity contribution < 1.29 is 4.52 Å². The number of hydrogen-bond donors (Lipinski definition) is 3. The van der Waals surface area contributed by atoms with Crippen LogP contribution in [0.15, 0.2) is 10.7 Å². The average molecular weight is 194 g/mol. The molecule has 7 nitrogen and oxygen atoms in total. The first-order chi connectivity index (χ1) is 6.75. The molecule has 0 aliphatic rings. The molecule has 0 saturated carbocycles. The summed E-state index contributed by atoms with van der Waals surface area (Å²) in [5, 5.41) is 13.0. The van der Waals surface area contributed by atoms with E-state index in [0.717, 1.165) is 5.56 Å². The monoisotopic (exact) mass is 194 g/mol. The van der Waals surface area contributed by atoms with Gasteiger partial charge in [-0.25, -0.2) is 0 Å². The van der Waals surface area contributed by atoms with E-state index in [1.165, 1.54) is 0 Å². The quantitative estimate of drug-likeness (QED) is 0.648. The molecule has 7 heteroatoms. The van der Waals surface area contributed by atoms with Crippen molar-refractivity contribution in [1.29, 1.82) is 0 Å². The molecule has 0 unspecified atom stereocenters. The van der Waals surface area contributed by atoms with Gasteiger partial charge in [0.05, 0.1) is 6.20 Å². The molecule has 0 amide bonds. The van der Waals surface area contributed by atoms with Crippen molar-refractivity contribution in [2.75, 3.05) is 11.1 Å². The van der Waals surface area contributed by atoms with Crippen LogP contribution in [0.4, 0.5) is 11.8 Å². The Morgan fingerprint density at radius 2 is 2.50 bits per heavy atom. The molecule has 0 spiro atoms. The van der Waals surface area contributed by atoms with Crippen LogP contribution in [0.1, 0.15) is 11.4 Å². The number of aromatic amines is 1. The molecule has 2 heterocycles. The summed E-state index contributed by atoms with van der Waals surface area (Å²) in [6.45, 7) is 2.25. The number of aryl methyl sites for hydroxylation is 1. The molecular formula is C7H10N6O. The lowest BCUT2D eigenvalue weighted by atomic mass is 10.3. The molecule has 14 heavy (non-hydrogen) atoms. The topological polar surface area (TPSA) is 106 Å². The SMILES string of the molecule is Cc1noc(NCc2cn[nH]c2N)n1. The van der Waals surface area contributed by atoms with Gasteiger partial charge in [0, 0.05) is 12.1 Å². The predicted octanol–water partition coefficient (Wildman–Crippen LogP) is 0.295. The Kier molecular flexibility index (Phi) is 2.05. The van der Waals surface area contributed by atoms with E-state index >= 15 is 0 Å². The van der Waals surface area contributed by atoms with Crippen molar-refractivity contribution in [3.8, 4) is 0 Å². The van der Waals surface area contributed by atoms with Gasteiger partial charge in [0.2, 0.25) is 0 Å². The summed E-state index contributed by atoms with van der Waals surface area (Å²) in [5.41, 5.74) is 6.45. The largest absolute Gasteiger partial charge is 0.384 e. The lowest BCUT2D eigenvalue weighted by Crippen LogP contribution is -2.01. The van der Waals surface area contributed by atoms with Crippen LogP contribution in [0.5, 0.6) is 0 Å². The van der Waals surface area contributed by atoms with Crippen LogP contribution < -0.4 is 11.1 Å². The van der Waals surface area contributed by atoms with Gasteiger partial charge in [0.15, 0.2) is 5.82 Å². The van der Waals surface area contributed by atoms with Crippen molar-refractivity contribution in [2.45, 2.75) is 13.5 Å². The van der Waals surface area contributed by atoms with E-state index < -0.39 is 0 Å². The van der Waals surface area contributed by atoms with E-state index in [-0.39, 0.29) is 0 Å². The van der Waals surface area contributed by atoms with E-state index in [1.54, 1.807) is 13.1 Å². The fourth-order valence-electron chi connectivity index (χ4n) is 1.00. The normalized spacial score (nSPS) is 10.4. The minimum Gasteiger partial charge on any atom is -0.384 e. The second-order valence-corrected chi connectivity index (χ2v) is 2.81. The van der Waals surface area contributed by atoms with E-state index in [1.807, 2.05) is 0 Å². The molecule has 0 atom stereocenters. The van der Waals surface area contributed by atoms with E-state index in [0.29, 0.717) is 24.2 Å². The minimum absolute atomic E-state index is 0.378. The second-order valence-electron chi connectivity index (χ2n) is 2.81. The Hall–Kier alpha value is -2.05. The lowest BCUT2D eigenvalue weighted by Gasteiger charge is -1.97. The first-order valence-electron chi connectivity index (χ1n) is 4.07. The van der Waals surface area contributed by atoms with Crippen molar-refractivity contribution >= 4 is 11.8 Å². The van der Waals surface area contributed by atoms with Gasteiger partial charge < -0.3 is 15.6 Å². The predicted molar refractivity (Wildman–Crippen MR) is 49.4 cm³/mol. The zero-order valence-corrected chi connectivity index (χ0v) is 7.61. The second kappa shape index (κ2) is 3.36. The molecule has 4 N–H and O–H groups in total. The highest BCUT2D eigenvalue weighted by atomic mass is 16.5. The highest BCUT2D eigenvalue weighted by Crippen LogP contribution is 2.09. The number of nitrogens with zero attached hydrogens (tertiary/aromatic N) is 3. The van der Waals surface area contributed by atoms with Crippen LogP contribution in [-0.2, 0) is 6.54 Å². The highest BCUT2D eigenvalue weighted by molar-refractivity contribution is 5.38. The van der Waals surface area contributed by atoms with Crippen LogP contribution in [0.2, 0.25) is 0 Å². The Labute approximate surface area is 79.7 Å². The Morgan fingerprint density at radius 1 is 1.64 bits per heavy atom. The van der Waals surface area contributed by atoms with Crippen molar-refractivity contribution in [3.63, 3.8) is 0 Å². The zero-order valence-electron chi connectivity index (χ0n) is 7.61. The molecule has 2 aromatic heterocycles. The summed E-state index contributed by atoms with van der Waals surface area (Å²) in [6, 6.07) is 0.378. The molecular weight excluding hydrogens is 184 g/mol. The van der Waals surface area contributed by atoms with Crippen molar-refractivity contribution in [3.05, 3.63) is 17.6 Å². The Balaban J connectivity index is 1.98. The number of aromatic nitrogens is 4. The summed E-state index contributed by atoms with van der Waals surface area (Å²) >= 11 is 0. The number of nitrogens with two attached hydrogens (primary N) is 1. The van der Waals surface area contributed by atoms with Gasteiger partial charge in [-0.05, 0) is 6.92 Å². The summed E-state index contributed by atoms with van der Waals surface area (Å²) in [6.07, 6.45) is 1.64. The Morgan fingerprint density at radius 3 is 3.07 bits per heavy atom. The Bertz CT molecular complexity index is 419. The van der Waals surface area contributed by atoms with Gasteiger partial charge in [-0.1, -0.05) is 5.16 Å². The van der Waals surface area contributed by atoms with Gasteiger partial charge in [-0.3, -0.25) is 5.10 Å². The first kappa shape index (κ1) is 8.54. The van der Waals surface area contributed by atoms with Gasteiger partial charge in [-0.15, -0.1) is 0 Å². The number of nitrogens with one attached hydrogen (secondary N) is 2. The summed E-state index contributed by atoms with van der Waals surface area (Å²) in [4.78, 5) is 3.98. The molecule has 0 saturated heterocycles. The van der Waals surface area contributed by atoms with Gasteiger partial charge in [0.25, 0.3) is 0 Å². The number of hydrogen-bond acceptors (Lipinski definition) is 6. The fourth-order valence-corrected chi connectivity index (χ4v) is 1.00. The van der Waals surface area contributed by atoms with Crippen LogP contribution in [-0.4, -0.2) is 20.3 Å². The van der Waals surface area contributed by atoms with Gasteiger partial charge in [-0.2, -0.15) is 10.1 Å². The highest BCUT2D eigenvalue weighted by Gasteiger charge is 2.04. The summed E-state index contributed by atoms with van der Waals surface area (Å²) in [7, 11) is 0. The van der Waals surface area contributed by atoms with Crippen LogP contribution in [0, 0.1) is 6.92 Å². The number of rotatable bonds is 3. The minimum atomic E-state index is 0.378. The summed E-state index contributed by atoms with van der Waals surface area (Å²) in [5.74, 6) is 1.13. The third-order valence-corrected chi connectivity index (χ3v) is 1.71. The standard InChI is InChI=1S/C7H10N6O/c1-4-11-7(14-13-4)9-2-5-3-10-12-6(5)8/h3H,2H2,1H3,(H3,8,10,12)(H,9,11,13). The van der Waals surface area contributed by atoms with Gasteiger partial charge >= 0.3 is 6.01 Å². The average Bonchev–Trinajstić information content (AvgIpc) is 2.72.